The number of carbonyl (C=O) groups excluding carboxylic acids is 2. The van der Waals surface area contributed by atoms with Crippen LogP contribution in [0.4, 0.5) is 11.4 Å². The molecule has 3 rings (SSSR count). The van der Waals surface area contributed by atoms with Crippen molar-refractivity contribution in [1.82, 2.24) is 5.32 Å². The van der Waals surface area contributed by atoms with Crippen molar-refractivity contribution in [1.29, 1.82) is 0 Å². The molecule has 8 nitrogen and oxygen atoms in total. The molecule has 1 aliphatic rings. The van der Waals surface area contributed by atoms with Gasteiger partial charge in [-0.1, -0.05) is 18.2 Å². The molecule has 2 aromatic rings. The number of benzene rings is 2. The van der Waals surface area contributed by atoms with Crippen LogP contribution in [0.5, 0.6) is 5.75 Å². The Morgan fingerprint density at radius 3 is 2.84 bits per heavy atom. The van der Waals surface area contributed by atoms with Crippen LogP contribution in [0.1, 0.15) is 28.9 Å². The van der Waals surface area contributed by atoms with Crippen molar-refractivity contribution in [2.75, 3.05) is 11.9 Å². The standard InChI is InChI=1S/C17H15N3O5/c1-10(11-6-7-15-13(8-11)19-16(21)9-25-15)18-17(22)12-4-2-3-5-14(12)20(23)24/h2-8,10H,9H2,1H3,(H,18,22)(H,19,21)/t10-/m1/s1. The lowest BCUT2D eigenvalue weighted by atomic mass is 10.1. The van der Waals surface area contributed by atoms with Crippen molar-refractivity contribution in [2.24, 2.45) is 0 Å². The van der Waals surface area contributed by atoms with Crippen LogP contribution in [0, 0.1) is 10.1 Å². The Bertz CT molecular complexity index is 865. The van der Waals surface area contributed by atoms with E-state index in [1.807, 2.05) is 0 Å². The maximum atomic E-state index is 12.4. The van der Waals surface area contributed by atoms with Crippen LogP contribution in [-0.2, 0) is 4.79 Å². The topological polar surface area (TPSA) is 111 Å². The predicted molar refractivity (Wildman–Crippen MR) is 89.5 cm³/mol. The number of hydrogen-bond acceptors (Lipinski definition) is 5. The first-order valence-corrected chi connectivity index (χ1v) is 7.56. The van der Waals surface area contributed by atoms with E-state index in [4.69, 9.17) is 4.74 Å². The Balaban J connectivity index is 1.80. The zero-order valence-corrected chi connectivity index (χ0v) is 13.3. The van der Waals surface area contributed by atoms with Crippen LogP contribution >= 0.6 is 0 Å². The van der Waals surface area contributed by atoms with Gasteiger partial charge in [0.25, 0.3) is 17.5 Å². The Morgan fingerprint density at radius 2 is 2.08 bits per heavy atom. The number of fused-ring (bicyclic) bond motifs is 1. The van der Waals surface area contributed by atoms with E-state index in [0.717, 1.165) is 5.56 Å². The molecule has 0 saturated carbocycles. The molecule has 1 heterocycles. The van der Waals surface area contributed by atoms with Gasteiger partial charge in [0.15, 0.2) is 6.61 Å². The molecule has 0 fully saturated rings. The minimum Gasteiger partial charge on any atom is -0.482 e. The van der Waals surface area contributed by atoms with E-state index < -0.39 is 16.9 Å². The monoisotopic (exact) mass is 341 g/mol. The van der Waals surface area contributed by atoms with E-state index in [9.17, 15) is 19.7 Å². The van der Waals surface area contributed by atoms with E-state index in [2.05, 4.69) is 10.6 Å². The predicted octanol–water partition coefficient (Wildman–Crippen LogP) is 2.42. The number of para-hydroxylation sites is 1. The highest BCUT2D eigenvalue weighted by atomic mass is 16.6. The summed E-state index contributed by atoms with van der Waals surface area (Å²) < 4.78 is 5.29. The van der Waals surface area contributed by atoms with Crippen LogP contribution in [0.3, 0.4) is 0 Å². The summed E-state index contributed by atoms with van der Waals surface area (Å²) in [4.78, 5) is 34.2. The summed E-state index contributed by atoms with van der Waals surface area (Å²) in [5, 5.41) is 16.5. The summed E-state index contributed by atoms with van der Waals surface area (Å²) in [5.41, 5.74) is 1.00. The molecule has 2 N–H and O–H groups in total. The maximum absolute atomic E-state index is 12.4. The first-order chi connectivity index (χ1) is 12.0. The first kappa shape index (κ1) is 16.4. The number of ether oxygens (including phenoxy) is 1. The molecule has 0 saturated heterocycles. The molecule has 2 amide bonds. The van der Waals surface area contributed by atoms with Crippen molar-refractivity contribution < 1.29 is 19.2 Å². The Labute approximate surface area is 142 Å². The largest absolute Gasteiger partial charge is 0.482 e. The lowest BCUT2D eigenvalue weighted by Gasteiger charge is -2.21. The van der Waals surface area contributed by atoms with Crippen LogP contribution in [-0.4, -0.2) is 23.3 Å². The third kappa shape index (κ3) is 3.42. The molecule has 0 unspecified atom stereocenters. The quantitative estimate of drug-likeness (QED) is 0.655. The second kappa shape index (κ2) is 6.60. The van der Waals surface area contributed by atoms with Crippen molar-refractivity contribution in [3.63, 3.8) is 0 Å². The third-order valence-corrected chi connectivity index (χ3v) is 3.83. The smallest absolute Gasteiger partial charge is 0.282 e. The molecule has 0 bridgehead atoms. The number of amides is 2. The molecular weight excluding hydrogens is 326 g/mol. The fourth-order valence-electron chi connectivity index (χ4n) is 2.55. The molecule has 0 spiro atoms. The van der Waals surface area contributed by atoms with Crippen LogP contribution in [0.25, 0.3) is 0 Å². The molecule has 25 heavy (non-hydrogen) atoms. The fourth-order valence-corrected chi connectivity index (χ4v) is 2.55. The van der Waals surface area contributed by atoms with Gasteiger partial charge in [0.05, 0.1) is 16.7 Å². The van der Waals surface area contributed by atoms with Crippen molar-refractivity contribution in [3.8, 4) is 5.75 Å². The Hall–Kier alpha value is -3.42. The lowest BCUT2D eigenvalue weighted by molar-refractivity contribution is -0.385. The summed E-state index contributed by atoms with van der Waals surface area (Å²) in [7, 11) is 0. The number of hydrogen-bond donors (Lipinski definition) is 2. The first-order valence-electron chi connectivity index (χ1n) is 7.56. The van der Waals surface area contributed by atoms with Gasteiger partial charge in [0.1, 0.15) is 11.3 Å². The minimum absolute atomic E-state index is 0.00561. The maximum Gasteiger partial charge on any atom is 0.282 e. The zero-order chi connectivity index (χ0) is 18.0. The average Bonchev–Trinajstić information content (AvgIpc) is 2.60. The van der Waals surface area contributed by atoms with Gasteiger partial charge in [-0.3, -0.25) is 19.7 Å². The average molecular weight is 341 g/mol. The minimum atomic E-state index is -0.592. The molecular formula is C17H15N3O5. The molecule has 8 heteroatoms. The van der Waals surface area contributed by atoms with E-state index >= 15 is 0 Å². The summed E-state index contributed by atoms with van der Waals surface area (Å²) in [5.74, 6) is -0.236. The van der Waals surface area contributed by atoms with E-state index in [1.165, 1.54) is 18.2 Å². The van der Waals surface area contributed by atoms with E-state index in [-0.39, 0.29) is 23.8 Å². The van der Waals surface area contributed by atoms with Crippen molar-refractivity contribution in [2.45, 2.75) is 13.0 Å². The highest BCUT2D eigenvalue weighted by molar-refractivity contribution is 5.98. The number of anilines is 1. The normalized spacial score (nSPS) is 13.9. The van der Waals surface area contributed by atoms with E-state index in [0.29, 0.717) is 11.4 Å². The van der Waals surface area contributed by atoms with Gasteiger partial charge < -0.3 is 15.4 Å². The summed E-state index contributed by atoms with van der Waals surface area (Å²) in [6.45, 7) is 1.72. The molecule has 0 aliphatic carbocycles. The van der Waals surface area contributed by atoms with Crippen molar-refractivity contribution in [3.05, 3.63) is 63.7 Å². The summed E-state index contributed by atoms with van der Waals surface area (Å²) in [6, 6.07) is 10.5. The van der Waals surface area contributed by atoms with Gasteiger partial charge in [0, 0.05) is 6.07 Å². The summed E-state index contributed by atoms with van der Waals surface area (Å²) in [6.07, 6.45) is 0. The molecule has 2 aromatic carbocycles. The van der Waals surface area contributed by atoms with Gasteiger partial charge >= 0.3 is 0 Å². The number of carbonyl (C=O) groups is 2. The highest BCUT2D eigenvalue weighted by Gasteiger charge is 2.22. The highest BCUT2D eigenvalue weighted by Crippen LogP contribution is 2.30. The van der Waals surface area contributed by atoms with Gasteiger partial charge in [0.2, 0.25) is 0 Å². The number of nitrogens with one attached hydrogen (secondary N) is 2. The second-order valence-electron chi connectivity index (χ2n) is 5.56. The van der Waals surface area contributed by atoms with E-state index in [1.54, 1.807) is 31.2 Å². The zero-order valence-electron chi connectivity index (χ0n) is 13.3. The van der Waals surface area contributed by atoms with Gasteiger partial charge in [-0.25, -0.2) is 0 Å². The Morgan fingerprint density at radius 1 is 1.32 bits per heavy atom. The lowest BCUT2D eigenvalue weighted by Crippen LogP contribution is -2.28. The Kier molecular flexibility index (Phi) is 4.34. The molecule has 1 atom stereocenters. The van der Waals surface area contributed by atoms with Crippen LogP contribution in [0.15, 0.2) is 42.5 Å². The number of nitro groups is 1. The SMILES string of the molecule is C[C@@H](NC(=O)c1ccccc1[N+](=O)[O-])c1ccc2c(c1)NC(=O)CO2. The number of rotatable bonds is 4. The number of nitro benzene ring substituents is 1. The van der Waals surface area contributed by atoms with Crippen molar-refractivity contribution >= 4 is 23.2 Å². The second-order valence-corrected chi connectivity index (χ2v) is 5.56. The molecule has 0 radical (unpaired) electrons. The molecule has 1 aliphatic heterocycles. The molecule has 128 valence electrons. The van der Waals surface area contributed by atoms with Crippen LogP contribution < -0.4 is 15.4 Å². The number of nitrogens with zero attached hydrogens (tertiary/aromatic N) is 1. The molecule has 0 aromatic heterocycles. The third-order valence-electron chi connectivity index (χ3n) is 3.83. The van der Waals surface area contributed by atoms with Gasteiger partial charge in [-0.2, -0.15) is 0 Å². The van der Waals surface area contributed by atoms with Gasteiger partial charge in [-0.05, 0) is 30.7 Å². The fraction of sp³-hybridized carbons (Fsp3) is 0.176. The summed E-state index contributed by atoms with van der Waals surface area (Å²) >= 11 is 0. The van der Waals surface area contributed by atoms with Crippen LogP contribution in [0.2, 0.25) is 0 Å². The van der Waals surface area contributed by atoms with Gasteiger partial charge in [-0.15, -0.1) is 0 Å².